The van der Waals surface area contributed by atoms with Gasteiger partial charge in [-0.1, -0.05) is 17.7 Å². The van der Waals surface area contributed by atoms with E-state index in [1.165, 1.54) is 12.1 Å². The number of nitrogens with zero attached hydrogens (tertiary/aromatic N) is 1. The van der Waals surface area contributed by atoms with E-state index in [2.05, 4.69) is 16.8 Å². The van der Waals surface area contributed by atoms with E-state index < -0.39 is 5.82 Å². The van der Waals surface area contributed by atoms with E-state index in [0.717, 1.165) is 26.2 Å². The fourth-order valence-corrected chi connectivity index (χ4v) is 2.64. The van der Waals surface area contributed by atoms with Gasteiger partial charge in [-0.05, 0) is 18.6 Å². The molecule has 1 aliphatic rings. The number of piperazine rings is 1. The van der Waals surface area contributed by atoms with Crippen LogP contribution in [0.2, 0.25) is 5.02 Å². The maximum atomic E-state index is 14.1. The van der Waals surface area contributed by atoms with E-state index >= 15 is 0 Å². The van der Waals surface area contributed by atoms with Gasteiger partial charge in [-0.2, -0.15) is 0 Å². The molecule has 2 rings (SSSR count). The number of phenols is 1. The maximum absolute atomic E-state index is 14.1. The van der Waals surface area contributed by atoms with Crippen molar-refractivity contribution >= 4 is 36.4 Å². The summed E-state index contributed by atoms with van der Waals surface area (Å²) >= 11 is 5.90. The molecule has 0 aromatic heterocycles. The summed E-state index contributed by atoms with van der Waals surface area (Å²) in [7, 11) is 0. The summed E-state index contributed by atoms with van der Waals surface area (Å²) in [6.07, 6.45) is 2.32. The monoisotopic (exact) mass is 356 g/mol. The molecule has 3 nitrogen and oxygen atoms in total. The Hall–Kier alpha value is -0.520. The Labute approximate surface area is 142 Å². The van der Waals surface area contributed by atoms with Crippen molar-refractivity contribution in [2.45, 2.75) is 12.5 Å². The third-order valence-corrected chi connectivity index (χ3v) is 3.74. The molecule has 0 amide bonds. The van der Waals surface area contributed by atoms with E-state index in [1.807, 2.05) is 0 Å². The summed E-state index contributed by atoms with van der Waals surface area (Å²) in [5.41, 5.74) is 0.273. The smallest absolute Gasteiger partial charge is 0.141 e. The first kappa shape index (κ1) is 20.5. The summed E-state index contributed by atoms with van der Waals surface area (Å²) in [5.74, 6) is -0.584. The molecule has 1 aromatic rings. The van der Waals surface area contributed by atoms with Crippen LogP contribution in [-0.4, -0.2) is 36.2 Å². The first-order chi connectivity index (χ1) is 9.15. The fraction of sp³-hybridized carbons (Fsp3) is 0.429. The molecule has 1 heterocycles. The van der Waals surface area contributed by atoms with Gasteiger partial charge < -0.3 is 10.4 Å². The van der Waals surface area contributed by atoms with Crippen LogP contribution in [0.15, 0.2) is 24.8 Å². The molecule has 21 heavy (non-hydrogen) atoms. The summed E-state index contributed by atoms with van der Waals surface area (Å²) < 4.78 is 14.1. The van der Waals surface area contributed by atoms with Gasteiger partial charge in [0.2, 0.25) is 0 Å². The van der Waals surface area contributed by atoms with Crippen LogP contribution in [0.4, 0.5) is 4.39 Å². The Bertz CT molecular complexity index is 468. The number of aromatic hydroxyl groups is 1. The van der Waals surface area contributed by atoms with Crippen molar-refractivity contribution in [3.05, 3.63) is 41.2 Å². The molecule has 0 spiro atoms. The number of rotatable bonds is 4. The molecule has 0 radical (unpaired) electrons. The predicted octanol–water partition coefficient (Wildman–Crippen LogP) is 3.55. The van der Waals surface area contributed by atoms with E-state index in [0.29, 0.717) is 6.42 Å². The van der Waals surface area contributed by atoms with Gasteiger partial charge in [0.05, 0.1) is 5.02 Å². The topological polar surface area (TPSA) is 35.5 Å². The molecule has 1 fully saturated rings. The van der Waals surface area contributed by atoms with Crippen LogP contribution in [0.25, 0.3) is 0 Å². The summed E-state index contributed by atoms with van der Waals surface area (Å²) in [4.78, 5) is 2.15. The molecule has 0 bridgehead atoms. The van der Waals surface area contributed by atoms with Crippen LogP contribution in [-0.2, 0) is 0 Å². The molecule has 0 aliphatic carbocycles. The molecule has 1 aromatic carbocycles. The standard InChI is InChI=1S/C14H18ClFN2O.2ClH/c1-2-3-12(18-8-6-17-7-9-18)13-11(16)5-4-10(15)14(13)19;;/h2,4-5,12,17,19H,1,3,6-9H2;2*1H/t12-;;/m0../s1. The average Bonchev–Trinajstić information content (AvgIpc) is 2.43. The summed E-state index contributed by atoms with van der Waals surface area (Å²) in [6.45, 7) is 7.06. The fourth-order valence-electron chi connectivity index (χ4n) is 2.47. The quantitative estimate of drug-likeness (QED) is 0.809. The molecule has 0 saturated carbocycles. The average molecular weight is 358 g/mol. The third-order valence-electron chi connectivity index (χ3n) is 3.43. The second kappa shape index (κ2) is 9.49. The Morgan fingerprint density at radius 1 is 1.38 bits per heavy atom. The molecule has 7 heteroatoms. The number of nitrogens with one attached hydrogen (secondary N) is 1. The van der Waals surface area contributed by atoms with Crippen molar-refractivity contribution in [3.8, 4) is 5.75 Å². The third kappa shape index (κ3) is 4.73. The van der Waals surface area contributed by atoms with Crippen molar-refractivity contribution in [2.75, 3.05) is 26.2 Å². The zero-order valence-electron chi connectivity index (χ0n) is 11.5. The lowest BCUT2D eigenvalue weighted by Gasteiger charge is -2.35. The number of hydrogen-bond donors (Lipinski definition) is 2. The Kier molecular flexibility index (Phi) is 9.25. The predicted molar refractivity (Wildman–Crippen MR) is 89.6 cm³/mol. The summed E-state index contributed by atoms with van der Waals surface area (Å²) in [6, 6.07) is 2.45. The van der Waals surface area contributed by atoms with Crippen LogP contribution in [0.1, 0.15) is 18.0 Å². The van der Waals surface area contributed by atoms with Gasteiger partial charge in [0.25, 0.3) is 0 Å². The first-order valence-corrected chi connectivity index (χ1v) is 6.75. The van der Waals surface area contributed by atoms with Crippen LogP contribution < -0.4 is 5.32 Å². The lowest BCUT2D eigenvalue weighted by Crippen LogP contribution is -2.45. The van der Waals surface area contributed by atoms with E-state index in [4.69, 9.17) is 11.6 Å². The Morgan fingerprint density at radius 3 is 2.57 bits per heavy atom. The zero-order valence-corrected chi connectivity index (χ0v) is 13.9. The second-order valence-corrected chi connectivity index (χ2v) is 5.02. The van der Waals surface area contributed by atoms with Crippen molar-refractivity contribution < 1.29 is 9.50 Å². The highest BCUT2D eigenvalue weighted by atomic mass is 35.5. The van der Waals surface area contributed by atoms with Crippen LogP contribution >= 0.6 is 36.4 Å². The number of benzene rings is 1. The van der Waals surface area contributed by atoms with E-state index in [-0.39, 0.29) is 47.2 Å². The minimum absolute atomic E-state index is 0. The van der Waals surface area contributed by atoms with E-state index in [9.17, 15) is 9.50 Å². The van der Waals surface area contributed by atoms with Gasteiger partial charge in [0.15, 0.2) is 0 Å². The molecular formula is C14H20Cl3FN2O. The van der Waals surface area contributed by atoms with E-state index in [1.54, 1.807) is 6.08 Å². The van der Waals surface area contributed by atoms with Gasteiger partial charge in [-0.15, -0.1) is 31.4 Å². The zero-order chi connectivity index (χ0) is 13.8. The lowest BCUT2D eigenvalue weighted by molar-refractivity contribution is 0.168. The van der Waals surface area contributed by atoms with Gasteiger partial charge in [-0.3, -0.25) is 4.90 Å². The highest BCUT2D eigenvalue weighted by molar-refractivity contribution is 6.32. The van der Waals surface area contributed by atoms with Crippen LogP contribution in [0, 0.1) is 5.82 Å². The maximum Gasteiger partial charge on any atom is 0.141 e. The van der Waals surface area contributed by atoms with Crippen molar-refractivity contribution in [1.82, 2.24) is 10.2 Å². The Balaban J connectivity index is 0.00000200. The van der Waals surface area contributed by atoms with Gasteiger partial charge in [0.1, 0.15) is 11.6 Å². The normalized spacial score (nSPS) is 16.5. The Morgan fingerprint density at radius 2 is 2.00 bits per heavy atom. The van der Waals surface area contributed by atoms with Crippen LogP contribution in [0.5, 0.6) is 5.75 Å². The molecular weight excluding hydrogens is 338 g/mol. The second-order valence-electron chi connectivity index (χ2n) is 4.62. The molecule has 2 N–H and O–H groups in total. The lowest BCUT2D eigenvalue weighted by atomic mass is 9.99. The molecule has 120 valence electrons. The highest BCUT2D eigenvalue weighted by Crippen LogP contribution is 2.38. The van der Waals surface area contributed by atoms with Crippen molar-refractivity contribution in [3.63, 3.8) is 0 Å². The minimum atomic E-state index is -0.424. The largest absolute Gasteiger partial charge is 0.506 e. The molecule has 0 unspecified atom stereocenters. The summed E-state index contributed by atoms with van der Waals surface area (Å²) in [5, 5.41) is 13.5. The van der Waals surface area contributed by atoms with Gasteiger partial charge >= 0.3 is 0 Å². The number of hydrogen-bond acceptors (Lipinski definition) is 3. The number of halogens is 4. The first-order valence-electron chi connectivity index (χ1n) is 6.37. The number of phenolic OH excluding ortho intramolecular Hbond substituents is 1. The molecule has 1 aliphatic heterocycles. The molecule has 1 atom stereocenters. The van der Waals surface area contributed by atoms with Gasteiger partial charge in [0, 0.05) is 37.8 Å². The molecule has 1 saturated heterocycles. The van der Waals surface area contributed by atoms with Gasteiger partial charge in [-0.25, -0.2) is 4.39 Å². The van der Waals surface area contributed by atoms with Crippen molar-refractivity contribution in [2.24, 2.45) is 0 Å². The SMILES string of the molecule is C=CC[C@@H](c1c(F)ccc(Cl)c1O)N1CCNCC1.Cl.Cl. The highest BCUT2D eigenvalue weighted by Gasteiger charge is 2.27. The van der Waals surface area contributed by atoms with Crippen LogP contribution in [0.3, 0.4) is 0 Å². The minimum Gasteiger partial charge on any atom is -0.506 e. The van der Waals surface area contributed by atoms with Crippen molar-refractivity contribution in [1.29, 1.82) is 0 Å².